The number of benzene rings is 1. The third-order valence-corrected chi connectivity index (χ3v) is 6.13. The van der Waals surface area contributed by atoms with Crippen molar-refractivity contribution in [3.63, 3.8) is 0 Å². The van der Waals surface area contributed by atoms with Gasteiger partial charge in [0.2, 0.25) is 21.8 Å². The largest absolute Gasteiger partial charge is 0.496 e. The van der Waals surface area contributed by atoms with Gasteiger partial charge in [-0.3, -0.25) is 9.59 Å². The first-order chi connectivity index (χ1) is 12.2. The first-order valence-electron chi connectivity index (χ1n) is 8.40. The molecule has 1 aromatic carbocycles. The Hall–Kier alpha value is -2.13. The minimum atomic E-state index is -3.84. The highest BCUT2D eigenvalue weighted by Gasteiger charge is 2.30. The summed E-state index contributed by atoms with van der Waals surface area (Å²) in [6, 6.07) is 3.60. The van der Waals surface area contributed by atoms with Crippen LogP contribution in [0.4, 0.5) is 0 Å². The summed E-state index contributed by atoms with van der Waals surface area (Å²) < 4.78 is 32.6. The monoisotopic (exact) mass is 383 g/mol. The molecule has 0 unspecified atom stereocenters. The SMILES string of the molecule is COc1ccc(S(=O)(=O)N[C@@H](C)C(=O)N2CCC(C(N)=O)CC2)cc1C. The van der Waals surface area contributed by atoms with Gasteiger partial charge in [-0.15, -0.1) is 0 Å². The molecule has 1 heterocycles. The zero-order valence-electron chi connectivity index (χ0n) is 15.2. The number of aryl methyl sites for hydroxylation is 1. The van der Waals surface area contributed by atoms with Crippen molar-refractivity contribution in [3.05, 3.63) is 23.8 Å². The molecule has 144 valence electrons. The third-order valence-electron chi connectivity index (χ3n) is 4.59. The molecule has 1 atom stereocenters. The number of likely N-dealkylation sites (tertiary alicyclic amines) is 1. The van der Waals surface area contributed by atoms with E-state index in [2.05, 4.69) is 4.72 Å². The van der Waals surface area contributed by atoms with E-state index in [0.29, 0.717) is 37.2 Å². The maximum Gasteiger partial charge on any atom is 0.241 e. The van der Waals surface area contributed by atoms with Gasteiger partial charge in [0, 0.05) is 19.0 Å². The van der Waals surface area contributed by atoms with Crippen molar-refractivity contribution >= 4 is 21.8 Å². The van der Waals surface area contributed by atoms with E-state index in [1.807, 2.05) is 0 Å². The summed E-state index contributed by atoms with van der Waals surface area (Å²) in [5.74, 6) is -0.318. The van der Waals surface area contributed by atoms with Gasteiger partial charge in [-0.1, -0.05) is 0 Å². The molecule has 1 saturated heterocycles. The lowest BCUT2D eigenvalue weighted by Crippen LogP contribution is -2.50. The average molecular weight is 383 g/mol. The standard InChI is InChI=1S/C17H25N3O5S/c1-11-10-14(4-5-15(11)25-3)26(23,24)19-12(2)17(22)20-8-6-13(7-9-20)16(18)21/h4-5,10,12-13,19H,6-9H2,1-3H3,(H2,18,21)/t12-/m0/s1. The van der Waals surface area contributed by atoms with Crippen LogP contribution in [0.25, 0.3) is 0 Å². The molecule has 0 bridgehead atoms. The summed E-state index contributed by atoms with van der Waals surface area (Å²) in [5.41, 5.74) is 5.97. The van der Waals surface area contributed by atoms with Crippen molar-refractivity contribution in [3.8, 4) is 5.75 Å². The number of hydrogen-bond donors (Lipinski definition) is 2. The Kier molecular flexibility index (Phi) is 6.25. The molecule has 8 nitrogen and oxygen atoms in total. The van der Waals surface area contributed by atoms with Gasteiger partial charge < -0.3 is 15.4 Å². The van der Waals surface area contributed by atoms with E-state index in [1.165, 1.54) is 26.2 Å². The Morgan fingerprint density at radius 2 is 1.92 bits per heavy atom. The van der Waals surface area contributed by atoms with Crippen molar-refractivity contribution in [2.75, 3.05) is 20.2 Å². The normalized spacial score (nSPS) is 17.0. The van der Waals surface area contributed by atoms with Crippen LogP contribution >= 0.6 is 0 Å². The number of hydrogen-bond acceptors (Lipinski definition) is 5. The molecule has 1 aliphatic rings. The fourth-order valence-electron chi connectivity index (χ4n) is 3.03. The van der Waals surface area contributed by atoms with Gasteiger partial charge in [-0.2, -0.15) is 4.72 Å². The number of piperidine rings is 1. The molecule has 0 aromatic heterocycles. The van der Waals surface area contributed by atoms with E-state index >= 15 is 0 Å². The van der Waals surface area contributed by atoms with Crippen molar-refractivity contribution in [2.24, 2.45) is 11.7 Å². The topological polar surface area (TPSA) is 119 Å². The Morgan fingerprint density at radius 3 is 2.42 bits per heavy atom. The van der Waals surface area contributed by atoms with Gasteiger partial charge in [0.1, 0.15) is 5.75 Å². The first kappa shape index (κ1) is 20.2. The van der Waals surface area contributed by atoms with Crippen LogP contribution in [0.3, 0.4) is 0 Å². The second-order valence-corrected chi connectivity index (χ2v) is 8.19. The molecule has 26 heavy (non-hydrogen) atoms. The van der Waals surface area contributed by atoms with Gasteiger partial charge in [-0.25, -0.2) is 8.42 Å². The molecule has 0 spiro atoms. The van der Waals surface area contributed by atoms with E-state index in [4.69, 9.17) is 10.5 Å². The van der Waals surface area contributed by atoms with Gasteiger partial charge in [-0.05, 0) is 50.5 Å². The zero-order valence-corrected chi connectivity index (χ0v) is 16.0. The van der Waals surface area contributed by atoms with Crippen LogP contribution in [-0.2, 0) is 19.6 Å². The Labute approximate surface area is 153 Å². The average Bonchev–Trinajstić information content (AvgIpc) is 2.60. The van der Waals surface area contributed by atoms with Crippen LogP contribution in [0.1, 0.15) is 25.3 Å². The molecule has 9 heteroatoms. The number of carbonyl (C=O) groups excluding carboxylic acids is 2. The van der Waals surface area contributed by atoms with Crippen molar-refractivity contribution in [1.82, 2.24) is 9.62 Å². The number of methoxy groups -OCH3 is 1. The summed E-state index contributed by atoms with van der Waals surface area (Å²) >= 11 is 0. The molecule has 1 fully saturated rings. The van der Waals surface area contributed by atoms with Crippen LogP contribution in [0.5, 0.6) is 5.75 Å². The maximum absolute atomic E-state index is 12.5. The molecule has 3 N–H and O–H groups in total. The second kappa shape index (κ2) is 8.05. The number of ether oxygens (including phenoxy) is 1. The molecule has 2 amide bonds. The fourth-order valence-corrected chi connectivity index (χ4v) is 4.31. The highest BCUT2D eigenvalue weighted by Crippen LogP contribution is 2.22. The lowest BCUT2D eigenvalue weighted by Gasteiger charge is -2.32. The van der Waals surface area contributed by atoms with Crippen LogP contribution in [-0.4, -0.2) is 51.4 Å². The quantitative estimate of drug-likeness (QED) is 0.737. The van der Waals surface area contributed by atoms with E-state index in [0.717, 1.165) is 0 Å². The van der Waals surface area contributed by atoms with E-state index in [9.17, 15) is 18.0 Å². The summed E-state index contributed by atoms with van der Waals surface area (Å²) in [4.78, 5) is 25.3. The van der Waals surface area contributed by atoms with E-state index < -0.39 is 16.1 Å². The van der Waals surface area contributed by atoms with E-state index in [1.54, 1.807) is 17.9 Å². The molecule has 2 rings (SSSR count). The molecule has 1 aliphatic heterocycles. The van der Waals surface area contributed by atoms with E-state index in [-0.39, 0.29) is 22.6 Å². The lowest BCUT2D eigenvalue weighted by molar-refractivity contribution is -0.136. The first-order valence-corrected chi connectivity index (χ1v) is 9.89. The van der Waals surface area contributed by atoms with Gasteiger partial charge in [0.05, 0.1) is 18.0 Å². The van der Waals surface area contributed by atoms with Crippen LogP contribution in [0.15, 0.2) is 23.1 Å². The minimum absolute atomic E-state index is 0.0721. The molecule has 1 aromatic rings. The van der Waals surface area contributed by atoms with Crippen molar-refractivity contribution in [2.45, 2.75) is 37.6 Å². The summed E-state index contributed by atoms with van der Waals surface area (Å²) in [6.07, 6.45) is 0.996. The number of nitrogens with one attached hydrogen (secondary N) is 1. The summed E-state index contributed by atoms with van der Waals surface area (Å²) in [5, 5.41) is 0. The van der Waals surface area contributed by atoms with Gasteiger partial charge in [0.25, 0.3) is 0 Å². The third kappa shape index (κ3) is 4.53. The van der Waals surface area contributed by atoms with Crippen molar-refractivity contribution in [1.29, 1.82) is 0 Å². The maximum atomic E-state index is 12.5. The predicted octanol–water partition coefficient (Wildman–Crippen LogP) is 0.394. The highest BCUT2D eigenvalue weighted by atomic mass is 32.2. The number of amides is 2. The Bertz CT molecular complexity index is 786. The van der Waals surface area contributed by atoms with Crippen molar-refractivity contribution < 1.29 is 22.7 Å². The Morgan fingerprint density at radius 1 is 1.31 bits per heavy atom. The van der Waals surface area contributed by atoms with Crippen LogP contribution < -0.4 is 15.2 Å². The molecule has 0 saturated carbocycles. The van der Waals surface area contributed by atoms with Crippen LogP contribution in [0, 0.1) is 12.8 Å². The number of sulfonamides is 1. The molecular weight excluding hydrogens is 358 g/mol. The number of rotatable bonds is 6. The minimum Gasteiger partial charge on any atom is -0.496 e. The fraction of sp³-hybridized carbons (Fsp3) is 0.529. The van der Waals surface area contributed by atoms with Gasteiger partial charge in [0.15, 0.2) is 0 Å². The van der Waals surface area contributed by atoms with Gasteiger partial charge >= 0.3 is 0 Å². The number of nitrogens with zero attached hydrogens (tertiary/aromatic N) is 1. The second-order valence-electron chi connectivity index (χ2n) is 6.48. The molecule has 0 radical (unpaired) electrons. The summed E-state index contributed by atoms with van der Waals surface area (Å²) in [7, 11) is -2.33. The number of primary amides is 1. The number of nitrogens with two attached hydrogens (primary N) is 1. The summed E-state index contributed by atoms with van der Waals surface area (Å²) in [6.45, 7) is 4.03. The predicted molar refractivity (Wildman–Crippen MR) is 96.0 cm³/mol. The highest BCUT2D eigenvalue weighted by molar-refractivity contribution is 7.89. The zero-order chi connectivity index (χ0) is 19.5. The lowest BCUT2D eigenvalue weighted by atomic mass is 9.96. The van der Waals surface area contributed by atoms with Crippen LogP contribution in [0.2, 0.25) is 0 Å². The Balaban J connectivity index is 2.04. The molecular formula is C17H25N3O5S. The smallest absolute Gasteiger partial charge is 0.241 e. The number of carbonyl (C=O) groups is 2. The molecule has 0 aliphatic carbocycles.